The summed E-state index contributed by atoms with van der Waals surface area (Å²) in [6.45, 7) is 4.01. The molecule has 1 aromatic carbocycles. The van der Waals surface area contributed by atoms with Crippen LogP contribution < -0.4 is 16.6 Å². The summed E-state index contributed by atoms with van der Waals surface area (Å²) in [5.41, 5.74) is 5.22. The predicted octanol–water partition coefficient (Wildman–Crippen LogP) is 2.14. The van der Waals surface area contributed by atoms with Gasteiger partial charge in [0, 0.05) is 11.6 Å². The van der Waals surface area contributed by atoms with Crippen molar-refractivity contribution in [1.29, 1.82) is 0 Å². The highest BCUT2D eigenvalue weighted by molar-refractivity contribution is 8.00. The number of amides is 3. The molecule has 2 aromatic rings. The molecule has 0 bridgehead atoms. The normalized spacial score (nSPS) is 12.1. The summed E-state index contributed by atoms with van der Waals surface area (Å²) in [5.74, 6) is -0.545. The van der Waals surface area contributed by atoms with E-state index in [9.17, 15) is 14.4 Å². The molecule has 3 amide bonds. The largest absolute Gasteiger partial charge is 0.351 e. The molecule has 0 fully saturated rings. The molecule has 7 nitrogen and oxygen atoms in total. The number of nitrogens with zero attached hydrogens (tertiary/aromatic N) is 2. The molecule has 1 heterocycles. The van der Waals surface area contributed by atoms with E-state index in [4.69, 9.17) is 17.3 Å². The minimum absolute atomic E-state index is 0.191. The number of nitrogens with one attached hydrogen (secondary N) is 1. The summed E-state index contributed by atoms with van der Waals surface area (Å²) in [6, 6.07) is 3.96. The van der Waals surface area contributed by atoms with Gasteiger partial charge < -0.3 is 5.73 Å². The van der Waals surface area contributed by atoms with E-state index >= 15 is 0 Å². The molecule has 0 aliphatic heterocycles. The van der Waals surface area contributed by atoms with Crippen LogP contribution in [-0.4, -0.2) is 26.7 Å². The van der Waals surface area contributed by atoms with Crippen LogP contribution >= 0.6 is 23.4 Å². The fraction of sp³-hybridized carbons (Fsp3) is 0.333. The second-order valence-corrected chi connectivity index (χ2v) is 6.87. The van der Waals surface area contributed by atoms with Gasteiger partial charge in [0.15, 0.2) is 5.16 Å². The number of imide groups is 1. The zero-order valence-corrected chi connectivity index (χ0v) is 14.8. The van der Waals surface area contributed by atoms with Crippen LogP contribution in [0.15, 0.2) is 28.2 Å². The smallest absolute Gasteiger partial charge is 0.318 e. The van der Waals surface area contributed by atoms with Gasteiger partial charge in [-0.1, -0.05) is 30.3 Å². The SMILES string of the molecule is CCCn1c(SC(C)C(=O)NC(N)=O)nc2cc(Cl)ccc2c1=O. The average Bonchev–Trinajstić information content (AvgIpc) is 2.50. The van der Waals surface area contributed by atoms with Gasteiger partial charge >= 0.3 is 6.03 Å². The predicted molar refractivity (Wildman–Crippen MR) is 94.3 cm³/mol. The van der Waals surface area contributed by atoms with Crippen molar-refractivity contribution in [3.05, 3.63) is 33.6 Å². The van der Waals surface area contributed by atoms with Gasteiger partial charge in [-0.15, -0.1) is 0 Å². The Balaban J connectivity index is 2.47. The van der Waals surface area contributed by atoms with Crippen molar-refractivity contribution in [1.82, 2.24) is 14.9 Å². The number of fused-ring (bicyclic) bond motifs is 1. The number of rotatable bonds is 5. The Morgan fingerprint density at radius 3 is 2.79 bits per heavy atom. The van der Waals surface area contributed by atoms with E-state index in [1.807, 2.05) is 12.2 Å². The Bertz CT molecular complexity index is 852. The van der Waals surface area contributed by atoms with E-state index in [1.54, 1.807) is 25.1 Å². The van der Waals surface area contributed by atoms with Gasteiger partial charge in [0.2, 0.25) is 5.91 Å². The summed E-state index contributed by atoms with van der Waals surface area (Å²) in [7, 11) is 0. The molecule has 1 aromatic heterocycles. The lowest BCUT2D eigenvalue weighted by molar-refractivity contribution is -0.119. The van der Waals surface area contributed by atoms with Crippen LogP contribution in [0.5, 0.6) is 0 Å². The third kappa shape index (κ3) is 4.07. The highest BCUT2D eigenvalue weighted by Crippen LogP contribution is 2.24. The number of benzene rings is 1. The summed E-state index contributed by atoms with van der Waals surface area (Å²) >= 11 is 7.05. The number of urea groups is 1. The maximum absolute atomic E-state index is 12.7. The van der Waals surface area contributed by atoms with Crippen LogP contribution in [0.1, 0.15) is 20.3 Å². The van der Waals surface area contributed by atoms with E-state index in [-0.39, 0.29) is 5.56 Å². The highest BCUT2D eigenvalue weighted by atomic mass is 35.5. The molecule has 0 saturated heterocycles. The molecule has 3 N–H and O–H groups in total. The van der Waals surface area contributed by atoms with Crippen molar-refractivity contribution in [2.45, 2.75) is 37.2 Å². The Kier molecular flexibility index (Phi) is 5.84. The molecule has 0 spiro atoms. The first-order chi connectivity index (χ1) is 11.3. The molecule has 2 rings (SSSR count). The van der Waals surface area contributed by atoms with Crippen LogP contribution in [0.4, 0.5) is 4.79 Å². The lowest BCUT2D eigenvalue weighted by Gasteiger charge is -2.15. The fourth-order valence-corrected chi connectivity index (χ4v) is 3.22. The van der Waals surface area contributed by atoms with E-state index in [2.05, 4.69) is 4.98 Å². The summed E-state index contributed by atoms with van der Waals surface area (Å²) in [4.78, 5) is 39.8. The highest BCUT2D eigenvalue weighted by Gasteiger charge is 2.20. The Morgan fingerprint density at radius 2 is 2.17 bits per heavy atom. The van der Waals surface area contributed by atoms with Crippen molar-refractivity contribution < 1.29 is 9.59 Å². The second kappa shape index (κ2) is 7.67. The second-order valence-electron chi connectivity index (χ2n) is 5.13. The number of carbonyl (C=O) groups is 2. The minimum Gasteiger partial charge on any atom is -0.351 e. The number of hydrogen-bond acceptors (Lipinski definition) is 5. The molecule has 24 heavy (non-hydrogen) atoms. The number of hydrogen-bond donors (Lipinski definition) is 2. The summed E-state index contributed by atoms with van der Waals surface area (Å²) in [5, 5.41) is 2.70. The molecule has 9 heteroatoms. The van der Waals surface area contributed by atoms with Crippen LogP contribution in [0.25, 0.3) is 10.9 Å². The lowest BCUT2D eigenvalue weighted by Crippen LogP contribution is -2.39. The molecule has 0 aliphatic carbocycles. The van der Waals surface area contributed by atoms with E-state index in [0.717, 1.165) is 18.2 Å². The molecule has 1 unspecified atom stereocenters. The first-order valence-electron chi connectivity index (χ1n) is 7.30. The van der Waals surface area contributed by atoms with Gasteiger partial charge in [-0.05, 0) is 31.5 Å². The number of thioether (sulfide) groups is 1. The van der Waals surface area contributed by atoms with E-state index < -0.39 is 17.2 Å². The van der Waals surface area contributed by atoms with Crippen LogP contribution in [0, 0.1) is 0 Å². The Morgan fingerprint density at radius 1 is 1.46 bits per heavy atom. The molecule has 0 aliphatic rings. The maximum Gasteiger partial charge on any atom is 0.318 e. The number of carbonyl (C=O) groups excluding carboxylic acids is 2. The molecular formula is C15H17ClN4O3S. The molecular weight excluding hydrogens is 352 g/mol. The first kappa shape index (κ1) is 18.3. The topological polar surface area (TPSA) is 107 Å². The van der Waals surface area contributed by atoms with Crippen molar-refractivity contribution in [2.24, 2.45) is 5.73 Å². The minimum atomic E-state index is -0.920. The van der Waals surface area contributed by atoms with Crippen molar-refractivity contribution >= 4 is 46.2 Å². The number of halogens is 1. The number of nitrogens with two attached hydrogens (primary N) is 1. The van der Waals surface area contributed by atoms with Gasteiger partial charge in [-0.25, -0.2) is 9.78 Å². The third-order valence-corrected chi connectivity index (χ3v) is 4.55. The standard InChI is InChI=1S/C15H17ClN4O3S/c1-3-6-20-13(22)10-5-4-9(16)7-11(10)18-15(20)24-8(2)12(21)19-14(17)23/h4-5,7-8H,3,6H2,1-2H3,(H3,17,19,21,23). The Labute approximate surface area is 147 Å². The first-order valence-corrected chi connectivity index (χ1v) is 8.56. The van der Waals surface area contributed by atoms with Gasteiger partial charge in [0.1, 0.15) is 0 Å². The zero-order valence-electron chi connectivity index (χ0n) is 13.2. The summed E-state index contributed by atoms with van der Waals surface area (Å²) < 4.78 is 1.52. The molecule has 0 radical (unpaired) electrons. The van der Waals surface area contributed by atoms with Gasteiger partial charge in [-0.3, -0.25) is 19.5 Å². The Hall–Kier alpha value is -2.06. The summed E-state index contributed by atoms with van der Waals surface area (Å²) in [6.07, 6.45) is 0.732. The monoisotopic (exact) mass is 368 g/mol. The van der Waals surface area contributed by atoms with Crippen molar-refractivity contribution in [3.63, 3.8) is 0 Å². The zero-order chi connectivity index (χ0) is 17.9. The van der Waals surface area contributed by atoms with E-state index in [0.29, 0.717) is 27.6 Å². The third-order valence-electron chi connectivity index (χ3n) is 3.23. The molecule has 128 valence electrons. The van der Waals surface area contributed by atoms with E-state index in [1.165, 1.54) is 4.57 Å². The van der Waals surface area contributed by atoms with Crippen molar-refractivity contribution in [2.75, 3.05) is 0 Å². The average molecular weight is 369 g/mol. The van der Waals surface area contributed by atoms with Crippen LogP contribution in [0.2, 0.25) is 5.02 Å². The van der Waals surface area contributed by atoms with Crippen molar-refractivity contribution in [3.8, 4) is 0 Å². The molecule has 0 saturated carbocycles. The number of aromatic nitrogens is 2. The fourth-order valence-electron chi connectivity index (χ4n) is 2.12. The van der Waals surface area contributed by atoms with Gasteiger partial charge in [-0.2, -0.15) is 0 Å². The maximum atomic E-state index is 12.7. The van der Waals surface area contributed by atoms with Crippen LogP contribution in [0.3, 0.4) is 0 Å². The van der Waals surface area contributed by atoms with Gasteiger partial charge in [0.25, 0.3) is 5.56 Å². The molecule has 1 atom stereocenters. The number of primary amides is 1. The van der Waals surface area contributed by atoms with Gasteiger partial charge in [0.05, 0.1) is 16.2 Å². The van der Waals surface area contributed by atoms with Crippen LogP contribution in [-0.2, 0) is 11.3 Å². The quantitative estimate of drug-likeness (QED) is 0.621. The lowest BCUT2D eigenvalue weighted by atomic mass is 10.2.